The molecule has 0 radical (unpaired) electrons. The van der Waals surface area contributed by atoms with Crippen LogP contribution in [0.2, 0.25) is 0 Å². The van der Waals surface area contributed by atoms with Gasteiger partial charge in [-0.3, -0.25) is 4.79 Å². The highest BCUT2D eigenvalue weighted by Gasteiger charge is 2.08. The molecule has 2 nitrogen and oxygen atoms in total. The van der Waals surface area contributed by atoms with E-state index in [4.69, 9.17) is 5.11 Å². The van der Waals surface area contributed by atoms with Crippen molar-refractivity contribution < 1.29 is 9.90 Å². The molecule has 1 N–H and O–H groups in total. The fourth-order valence-electron chi connectivity index (χ4n) is 3.38. The molecule has 1 atom stereocenters. The van der Waals surface area contributed by atoms with Crippen LogP contribution in [0.25, 0.3) is 0 Å². The van der Waals surface area contributed by atoms with Crippen molar-refractivity contribution in [1.82, 2.24) is 0 Å². The van der Waals surface area contributed by atoms with E-state index in [0.29, 0.717) is 12.3 Å². The minimum absolute atomic E-state index is 0.312. The monoisotopic (exact) mass is 358 g/mol. The van der Waals surface area contributed by atoms with Crippen molar-refractivity contribution >= 4 is 5.97 Å². The second-order valence-electron chi connectivity index (χ2n) is 7.44. The average molecular weight is 359 g/mol. The molecule has 0 saturated heterocycles. The maximum atomic E-state index is 10.6. The molecule has 0 heterocycles. The van der Waals surface area contributed by atoms with E-state index in [9.17, 15) is 4.79 Å². The summed E-state index contributed by atoms with van der Waals surface area (Å²) in [4.78, 5) is 10.6. The highest BCUT2D eigenvalue weighted by molar-refractivity contribution is 5.66. The Morgan fingerprint density at radius 3 is 2.46 bits per heavy atom. The van der Waals surface area contributed by atoms with Gasteiger partial charge in [0.1, 0.15) is 0 Å². The molecule has 0 aromatic heterocycles. The summed E-state index contributed by atoms with van der Waals surface area (Å²) in [6.07, 6.45) is 19.3. The lowest BCUT2D eigenvalue weighted by molar-refractivity contribution is -0.137. The Hall–Kier alpha value is -1.57. The van der Waals surface area contributed by atoms with Gasteiger partial charge in [0.15, 0.2) is 0 Å². The molecule has 0 saturated carbocycles. The van der Waals surface area contributed by atoms with E-state index in [-0.39, 0.29) is 0 Å². The molecule has 2 heteroatoms. The van der Waals surface area contributed by atoms with Gasteiger partial charge in [0.2, 0.25) is 0 Å². The molecule has 1 aromatic rings. The largest absolute Gasteiger partial charge is 0.481 e. The molecule has 1 aromatic carbocycles. The lowest BCUT2D eigenvalue weighted by Gasteiger charge is -2.15. The zero-order chi connectivity index (χ0) is 18.9. The first kappa shape index (κ1) is 22.5. The van der Waals surface area contributed by atoms with Crippen LogP contribution >= 0.6 is 0 Å². The predicted molar refractivity (Wildman–Crippen MR) is 111 cm³/mol. The topological polar surface area (TPSA) is 37.3 Å². The number of unbranched alkanes of at least 4 members (excludes halogenated alkanes) is 6. The van der Waals surface area contributed by atoms with Gasteiger partial charge >= 0.3 is 5.97 Å². The Morgan fingerprint density at radius 2 is 1.73 bits per heavy atom. The van der Waals surface area contributed by atoms with E-state index in [2.05, 4.69) is 49.4 Å². The molecule has 0 amide bonds. The van der Waals surface area contributed by atoms with Crippen LogP contribution in [0.4, 0.5) is 0 Å². The van der Waals surface area contributed by atoms with Crippen molar-refractivity contribution in [3.63, 3.8) is 0 Å². The predicted octanol–water partition coefficient (Wildman–Crippen LogP) is 7.19. The van der Waals surface area contributed by atoms with Gasteiger partial charge in [-0.25, -0.2) is 0 Å². The number of allylic oxidation sites excluding steroid dienone is 2. The molecular formula is C24H38O2. The SMILES string of the molecule is CCCCCCC=CC[C@H](CCCCCC(=O)O)CCc1ccccc1. The van der Waals surface area contributed by atoms with Crippen LogP contribution in [0, 0.1) is 5.92 Å². The fourth-order valence-corrected chi connectivity index (χ4v) is 3.38. The number of carbonyl (C=O) groups is 1. The minimum Gasteiger partial charge on any atom is -0.481 e. The fraction of sp³-hybridized carbons (Fsp3) is 0.625. The Kier molecular flexibility index (Phi) is 13.5. The van der Waals surface area contributed by atoms with Crippen molar-refractivity contribution in [1.29, 1.82) is 0 Å². The Morgan fingerprint density at radius 1 is 0.962 bits per heavy atom. The summed E-state index contributed by atoms with van der Waals surface area (Å²) in [5.74, 6) is 0.0450. The summed E-state index contributed by atoms with van der Waals surface area (Å²) in [5.41, 5.74) is 1.42. The van der Waals surface area contributed by atoms with Gasteiger partial charge < -0.3 is 5.11 Å². The number of benzene rings is 1. The van der Waals surface area contributed by atoms with E-state index in [1.807, 2.05) is 0 Å². The smallest absolute Gasteiger partial charge is 0.303 e. The van der Waals surface area contributed by atoms with Crippen molar-refractivity contribution in [3.05, 3.63) is 48.0 Å². The second-order valence-corrected chi connectivity index (χ2v) is 7.44. The number of carboxylic acids is 1. The minimum atomic E-state index is -0.670. The van der Waals surface area contributed by atoms with Crippen LogP contribution in [0.1, 0.15) is 89.5 Å². The number of rotatable bonds is 16. The molecule has 0 aliphatic rings. The average Bonchev–Trinajstić information content (AvgIpc) is 2.65. The quantitative estimate of drug-likeness (QED) is 0.251. The molecule has 0 spiro atoms. The van der Waals surface area contributed by atoms with E-state index in [1.54, 1.807) is 0 Å². The first-order valence-corrected chi connectivity index (χ1v) is 10.6. The van der Waals surface area contributed by atoms with Gasteiger partial charge in [-0.05, 0) is 50.0 Å². The lowest BCUT2D eigenvalue weighted by atomic mass is 9.91. The number of hydrogen-bond acceptors (Lipinski definition) is 1. The Labute approximate surface area is 160 Å². The van der Waals surface area contributed by atoms with Gasteiger partial charge in [-0.15, -0.1) is 0 Å². The first-order valence-electron chi connectivity index (χ1n) is 10.6. The number of carboxylic acid groups (broad SMARTS) is 1. The molecule has 26 heavy (non-hydrogen) atoms. The highest BCUT2D eigenvalue weighted by atomic mass is 16.4. The van der Waals surface area contributed by atoms with E-state index in [0.717, 1.165) is 25.7 Å². The third-order valence-electron chi connectivity index (χ3n) is 5.05. The molecule has 1 rings (SSSR count). The van der Waals surface area contributed by atoms with Gasteiger partial charge in [0, 0.05) is 6.42 Å². The van der Waals surface area contributed by atoms with Crippen LogP contribution in [0.3, 0.4) is 0 Å². The molecular weight excluding hydrogens is 320 g/mol. The van der Waals surface area contributed by atoms with Gasteiger partial charge in [-0.2, -0.15) is 0 Å². The third-order valence-corrected chi connectivity index (χ3v) is 5.05. The van der Waals surface area contributed by atoms with Crippen molar-refractivity contribution in [2.24, 2.45) is 5.92 Å². The van der Waals surface area contributed by atoms with Crippen LogP contribution in [-0.4, -0.2) is 11.1 Å². The number of hydrogen-bond donors (Lipinski definition) is 1. The molecule has 0 aliphatic heterocycles. The standard InChI is InChI=1S/C24H38O2/c1-2-3-4-5-6-7-10-15-22(18-13-9-14-19-24(25)26)20-21-23-16-11-8-12-17-23/h7-8,10-12,16-17,22H,2-6,9,13-15,18-21H2,1H3,(H,25,26)/t22-/m1/s1. The lowest BCUT2D eigenvalue weighted by Crippen LogP contribution is -2.02. The summed E-state index contributed by atoms with van der Waals surface area (Å²) in [6, 6.07) is 10.7. The Balaban J connectivity index is 2.31. The second kappa shape index (κ2) is 15.7. The van der Waals surface area contributed by atoms with E-state index < -0.39 is 5.97 Å². The van der Waals surface area contributed by atoms with Crippen LogP contribution in [-0.2, 0) is 11.2 Å². The molecule has 0 aliphatic carbocycles. The van der Waals surface area contributed by atoms with Crippen molar-refractivity contribution in [2.45, 2.75) is 90.4 Å². The first-order chi connectivity index (χ1) is 12.7. The molecule has 146 valence electrons. The van der Waals surface area contributed by atoms with Crippen molar-refractivity contribution in [3.8, 4) is 0 Å². The van der Waals surface area contributed by atoms with Crippen LogP contribution in [0.15, 0.2) is 42.5 Å². The zero-order valence-corrected chi connectivity index (χ0v) is 16.7. The molecule has 0 bridgehead atoms. The summed E-state index contributed by atoms with van der Waals surface area (Å²) >= 11 is 0. The van der Waals surface area contributed by atoms with Gasteiger partial charge in [0.25, 0.3) is 0 Å². The summed E-state index contributed by atoms with van der Waals surface area (Å²) in [5, 5.41) is 8.74. The van der Waals surface area contributed by atoms with Crippen LogP contribution in [0.5, 0.6) is 0 Å². The zero-order valence-electron chi connectivity index (χ0n) is 16.7. The van der Waals surface area contributed by atoms with E-state index >= 15 is 0 Å². The van der Waals surface area contributed by atoms with E-state index in [1.165, 1.54) is 56.9 Å². The molecule has 0 unspecified atom stereocenters. The summed E-state index contributed by atoms with van der Waals surface area (Å²) in [7, 11) is 0. The third kappa shape index (κ3) is 12.7. The summed E-state index contributed by atoms with van der Waals surface area (Å²) < 4.78 is 0. The maximum Gasteiger partial charge on any atom is 0.303 e. The van der Waals surface area contributed by atoms with Gasteiger partial charge in [0.05, 0.1) is 0 Å². The maximum absolute atomic E-state index is 10.6. The highest BCUT2D eigenvalue weighted by Crippen LogP contribution is 2.21. The molecule has 0 fully saturated rings. The number of aryl methyl sites for hydroxylation is 1. The van der Waals surface area contributed by atoms with Gasteiger partial charge in [-0.1, -0.05) is 87.9 Å². The normalized spacial score (nSPS) is 12.5. The number of aliphatic carboxylic acids is 1. The summed E-state index contributed by atoms with van der Waals surface area (Å²) in [6.45, 7) is 2.25. The van der Waals surface area contributed by atoms with Crippen LogP contribution < -0.4 is 0 Å². The Bertz CT molecular complexity index is 478. The van der Waals surface area contributed by atoms with Crippen molar-refractivity contribution in [2.75, 3.05) is 0 Å².